The highest BCUT2D eigenvalue weighted by atomic mass is 19.1. The van der Waals surface area contributed by atoms with Crippen molar-refractivity contribution < 1.29 is 9.18 Å². The van der Waals surface area contributed by atoms with Crippen LogP contribution in [0.25, 0.3) is 0 Å². The minimum atomic E-state index is -0.422. The van der Waals surface area contributed by atoms with Crippen LogP contribution in [-0.4, -0.2) is 22.0 Å². The third-order valence-electron chi connectivity index (χ3n) is 3.72. The smallest absolute Gasteiger partial charge is 0.322 e. The zero-order chi connectivity index (χ0) is 14.1. The van der Waals surface area contributed by atoms with E-state index in [1.54, 1.807) is 23.1 Å². The van der Waals surface area contributed by atoms with Gasteiger partial charge in [-0.2, -0.15) is 0 Å². The van der Waals surface area contributed by atoms with Gasteiger partial charge < -0.3 is 14.8 Å². The van der Waals surface area contributed by atoms with Gasteiger partial charge in [0.05, 0.1) is 11.7 Å². The molecule has 0 saturated heterocycles. The third-order valence-corrected chi connectivity index (χ3v) is 3.72. The maximum absolute atomic E-state index is 13.6. The molecular formula is C15H16FN3O. The van der Waals surface area contributed by atoms with Gasteiger partial charge in [-0.05, 0) is 31.2 Å². The lowest BCUT2D eigenvalue weighted by molar-refractivity contribution is 0.175. The molecule has 2 heterocycles. The van der Waals surface area contributed by atoms with Gasteiger partial charge in [0.15, 0.2) is 0 Å². The number of carbonyl (C=O) groups is 1. The van der Waals surface area contributed by atoms with Crippen molar-refractivity contribution in [3.05, 3.63) is 54.1 Å². The van der Waals surface area contributed by atoms with Crippen LogP contribution in [0.5, 0.6) is 0 Å². The van der Waals surface area contributed by atoms with Crippen molar-refractivity contribution in [2.24, 2.45) is 0 Å². The second-order valence-corrected chi connectivity index (χ2v) is 4.91. The summed E-state index contributed by atoms with van der Waals surface area (Å²) in [7, 11) is 0. The van der Waals surface area contributed by atoms with E-state index >= 15 is 0 Å². The number of para-hydroxylation sites is 1. The second kappa shape index (κ2) is 5.00. The van der Waals surface area contributed by atoms with E-state index in [1.165, 1.54) is 6.07 Å². The Morgan fingerprint density at radius 2 is 2.05 bits per heavy atom. The Morgan fingerprint density at radius 3 is 2.85 bits per heavy atom. The van der Waals surface area contributed by atoms with Gasteiger partial charge in [0.2, 0.25) is 0 Å². The lowest BCUT2D eigenvalue weighted by Crippen LogP contribution is -2.43. The summed E-state index contributed by atoms with van der Waals surface area (Å²) in [5.74, 6) is -0.422. The van der Waals surface area contributed by atoms with Gasteiger partial charge in [-0.1, -0.05) is 12.1 Å². The number of nitrogens with one attached hydrogen (secondary N) is 1. The Kier molecular flexibility index (Phi) is 3.18. The second-order valence-electron chi connectivity index (χ2n) is 4.91. The lowest BCUT2D eigenvalue weighted by Gasteiger charge is -2.34. The largest absolute Gasteiger partial charge is 0.348 e. The molecule has 0 aliphatic carbocycles. The number of aromatic nitrogens is 1. The van der Waals surface area contributed by atoms with E-state index in [1.807, 2.05) is 25.3 Å². The average Bonchev–Trinajstić information content (AvgIpc) is 2.91. The Balaban J connectivity index is 1.77. The summed E-state index contributed by atoms with van der Waals surface area (Å²) in [4.78, 5) is 14.0. The van der Waals surface area contributed by atoms with Crippen LogP contribution in [0.15, 0.2) is 42.6 Å². The number of amides is 2. The molecule has 0 radical (unpaired) electrons. The molecule has 2 aromatic rings. The molecule has 1 aliphatic rings. The normalized spacial score (nSPS) is 17.7. The summed E-state index contributed by atoms with van der Waals surface area (Å²) in [6, 6.07) is 9.88. The number of anilines is 1. The first-order valence-corrected chi connectivity index (χ1v) is 6.64. The van der Waals surface area contributed by atoms with E-state index in [0.717, 1.165) is 12.2 Å². The average molecular weight is 273 g/mol. The number of fused-ring (bicyclic) bond motifs is 1. The molecule has 20 heavy (non-hydrogen) atoms. The standard InChI is InChI=1S/C15H16FN3O/c1-11-14-7-4-8-18(14)9-10-19(11)15(20)17-13-6-3-2-5-12(13)16/h2-8,11H,9-10H2,1H3,(H,17,20)/t11-/m1/s1. The summed E-state index contributed by atoms with van der Waals surface area (Å²) in [5.41, 5.74) is 1.31. The van der Waals surface area contributed by atoms with Crippen LogP contribution >= 0.6 is 0 Å². The number of carbonyl (C=O) groups excluding carboxylic acids is 1. The topological polar surface area (TPSA) is 37.3 Å². The number of hydrogen-bond donors (Lipinski definition) is 1. The molecule has 1 aromatic carbocycles. The van der Waals surface area contributed by atoms with Crippen molar-refractivity contribution in [1.82, 2.24) is 9.47 Å². The number of benzene rings is 1. The molecule has 0 unspecified atom stereocenters. The number of nitrogens with zero attached hydrogens (tertiary/aromatic N) is 2. The van der Waals surface area contributed by atoms with Crippen molar-refractivity contribution >= 4 is 11.7 Å². The zero-order valence-corrected chi connectivity index (χ0v) is 11.2. The molecule has 3 rings (SSSR count). The number of hydrogen-bond acceptors (Lipinski definition) is 1. The molecule has 0 bridgehead atoms. The summed E-state index contributed by atoms with van der Waals surface area (Å²) in [6.45, 7) is 3.35. The number of rotatable bonds is 1. The Morgan fingerprint density at radius 1 is 1.25 bits per heavy atom. The molecule has 2 amide bonds. The molecule has 5 heteroatoms. The molecule has 4 nitrogen and oxygen atoms in total. The van der Waals surface area contributed by atoms with Crippen LogP contribution in [0.1, 0.15) is 18.7 Å². The third kappa shape index (κ3) is 2.15. The van der Waals surface area contributed by atoms with Crippen LogP contribution in [0.4, 0.5) is 14.9 Å². The summed E-state index contributed by atoms with van der Waals surface area (Å²) >= 11 is 0. The van der Waals surface area contributed by atoms with Gasteiger partial charge in [0.25, 0.3) is 0 Å². The highest BCUT2D eigenvalue weighted by molar-refractivity contribution is 5.89. The fraction of sp³-hybridized carbons (Fsp3) is 0.267. The van der Waals surface area contributed by atoms with Gasteiger partial charge in [0.1, 0.15) is 5.82 Å². The van der Waals surface area contributed by atoms with Crippen molar-refractivity contribution in [1.29, 1.82) is 0 Å². The van der Waals surface area contributed by atoms with E-state index < -0.39 is 5.82 Å². The maximum atomic E-state index is 13.6. The van der Waals surface area contributed by atoms with Gasteiger partial charge in [-0.15, -0.1) is 0 Å². The number of halogens is 1. The Labute approximate surface area is 116 Å². The predicted molar refractivity (Wildman–Crippen MR) is 75.0 cm³/mol. The summed E-state index contributed by atoms with van der Waals surface area (Å²) in [6.07, 6.45) is 2.01. The van der Waals surface area contributed by atoms with Crippen molar-refractivity contribution in [2.45, 2.75) is 19.5 Å². The van der Waals surface area contributed by atoms with Crippen LogP contribution in [0.3, 0.4) is 0 Å². The van der Waals surface area contributed by atoms with Crippen LogP contribution in [0, 0.1) is 5.82 Å². The quantitative estimate of drug-likeness (QED) is 0.851. The summed E-state index contributed by atoms with van der Waals surface area (Å²) < 4.78 is 15.7. The van der Waals surface area contributed by atoms with Crippen molar-refractivity contribution in [2.75, 3.05) is 11.9 Å². The molecular weight excluding hydrogens is 257 g/mol. The Hall–Kier alpha value is -2.30. The molecule has 0 saturated carbocycles. The van der Waals surface area contributed by atoms with Crippen molar-refractivity contribution in [3.63, 3.8) is 0 Å². The fourth-order valence-corrected chi connectivity index (χ4v) is 2.61. The molecule has 0 fully saturated rings. The SMILES string of the molecule is C[C@@H]1c2cccn2CCN1C(=O)Nc1ccccc1F. The van der Waals surface area contributed by atoms with Gasteiger partial charge in [-0.3, -0.25) is 0 Å². The van der Waals surface area contributed by atoms with E-state index in [-0.39, 0.29) is 17.8 Å². The van der Waals surface area contributed by atoms with Gasteiger partial charge in [-0.25, -0.2) is 9.18 Å². The first kappa shape index (κ1) is 12.7. The van der Waals surface area contributed by atoms with Gasteiger partial charge in [0, 0.05) is 25.0 Å². The molecule has 1 atom stereocenters. The summed E-state index contributed by atoms with van der Waals surface area (Å²) in [5, 5.41) is 2.64. The van der Waals surface area contributed by atoms with Crippen molar-refractivity contribution in [3.8, 4) is 0 Å². The lowest BCUT2D eigenvalue weighted by atomic mass is 10.1. The van der Waals surface area contributed by atoms with E-state index in [4.69, 9.17) is 0 Å². The molecule has 1 aliphatic heterocycles. The predicted octanol–water partition coefficient (Wildman–Crippen LogP) is 3.24. The molecule has 0 spiro atoms. The molecule has 1 N–H and O–H groups in total. The monoisotopic (exact) mass is 273 g/mol. The van der Waals surface area contributed by atoms with Crippen LogP contribution < -0.4 is 5.32 Å². The van der Waals surface area contributed by atoms with Crippen LogP contribution in [0.2, 0.25) is 0 Å². The minimum Gasteiger partial charge on any atom is -0.348 e. The highest BCUT2D eigenvalue weighted by Crippen LogP contribution is 2.26. The maximum Gasteiger partial charge on any atom is 0.322 e. The fourth-order valence-electron chi connectivity index (χ4n) is 2.61. The van der Waals surface area contributed by atoms with Crippen LogP contribution in [-0.2, 0) is 6.54 Å². The Bertz CT molecular complexity index is 638. The molecule has 1 aromatic heterocycles. The minimum absolute atomic E-state index is 0.0227. The highest BCUT2D eigenvalue weighted by Gasteiger charge is 2.27. The zero-order valence-electron chi connectivity index (χ0n) is 11.2. The first-order valence-electron chi connectivity index (χ1n) is 6.64. The number of urea groups is 1. The van der Waals surface area contributed by atoms with E-state index in [2.05, 4.69) is 9.88 Å². The van der Waals surface area contributed by atoms with Gasteiger partial charge >= 0.3 is 6.03 Å². The van der Waals surface area contributed by atoms with E-state index in [0.29, 0.717) is 6.54 Å². The molecule has 104 valence electrons. The first-order chi connectivity index (χ1) is 9.66. The van der Waals surface area contributed by atoms with E-state index in [9.17, 15) is 9.18 Å².